The maximum absolute atomic E-state index is 12.9. The Labute approximate surface area is 135 Å². The van der Waals surface area contributed by atoms with Crippen LogP contribution in [0.2, 0.25) is 0 Å². The zero-order valence-electron chi connectivity index (χ0n) is 12.6. The molecule has 0 bridgehead atoms. The van der Waals surface area contributed by atoms with E-state index >= 15 is 0 Å². The Kier molecular flexibility index (Phi) is 5.96. The van der Waals surface area contributed by atoms with Crippen molar-refractivity contribution in [2.75, 3.05) is 27.4 Å². The van der Waals surface area contributed by atoms with Crippen LogP contribution in [0.3, 0.4) is 0 Å². The summed E-state index contributed by atoms with van der Waals surface area (Å²) >= 11 is 1.53. The van der Waals surface area contributed by atoms with Crippen molar-refractivity contribution in [1.29, 1.82) is 0 Å². The van der Waals surface area contributed by atoms with Gasteiger partial charge in [-0.3, -0.25) is 0 Å². The molecule has 0 saturated carbocycles. The van der Waals surface area contributed by atoms with Crippen LogP contribution in [-0.2, 0) is 21.3 Å². The lowest BCUT2D eigenvalue weighted by atomic mass is 10.3. The van der Waals surface area contributed by atoms with Crippen molar-refractivity contribution in [2.24, 2.45) is 0 Å². The van der Waals surface area contributed by atoms with Crippen LogP contribution in [0.1, 0.15) is 4.88 Å². The van der Waals surface area contributed by atoms with E-state index in [1.807, 2.05) is 17.5 Å². The zero-order chi connectivity index (χ0) is 16.0. The average molecular weight is 341 g/mol. The van der Waals surface area contributed by atoms with Gasteiger partial charge in [0, 0.05) is 25.1 Å². The van der Waals surface area contributed by atoms with Gasteiger partial charge in [0.05, 0.1) is 13.7 Å². The summed E-state index contributed by atoms with van der Waals surface area (Å²) in [6.07, 6.45) is 0. The first-order chi connectivity index (χ1) is 10.6. The molecule has 0 N–H and O–H groups in total. The van der Waals surface area contributed by atoms with Gasteiger partial charge < -0.3 is 9.47 Å². The molecule has 0 atom stereocenters. The predicted molar refractivity (Wildman–Crippen MR) is 86.8 cm³/mol. The van der Waals surface area contributed by atoms with Crippen molar-refractivity contribution in [2.45, 2.75) is 11.4 Å². The first-order valence-corrected chi connectivity index (χ1v) is 9.06. The minimum absolute atomic E-state index is 0.171. The predicted octanol–water partition coefficient (Wildman–Crippen LogP) is 2.59. The molecule has 0 amide bonds. The smallest absolute Gasteiger partial charge is 0.247 e. The van der Waals surface area contributed by atoms with Gasteiger partial charge in [0.15, 0.2) is 0 Å². The van der Waals surface area contributed by atoms with E-state index < -0.39 is 10.0 Å². The monoisotopic (exact) mass is 341 g/mol. The molecule has 0 aliphatic carbocycles. The number of benzene rings is 1. The number of nitrogens with zero attached hydrogens (tertiary/aromatic N) is 1. The molecule has 22 heavy (non-hydrogen) atoms. The third kappa shape index (κ3) is 3.86. The molecule has 120 valence electrons. The summed E-state index contributed by atoms with van der Waals surface area (Å²) in [6.45, 7) is 0.940. The number of methoxy groups -OCH3 is 2. The molecule has 5 nitrogen and oxygen atoms in total. The van der Waals surface area contributed by atoms with Crippen LogP contribution in [0.15, 0.2) is 46.7 Å². The van der Waals surface area contributed by atoms with Gasteiger partial charge in [-0.2, -0.15) is 4.31 Å². The van der Waals surface area contributed by atoms with E-state index in [1.165, 1.54) is 22.8 Å². The van der Waals surface area contributed by atoms with Crippen LogP contribution in [0.25, 0.3) is 0 Å². The van der Waals surface area contributed by atoms with Crippen molar-refractivity contribution < 1.29 is 17.9 Å². The van der Waals surface area contributed by atoms with Gasteiger partial charge in [0.1, 0.15) is 10.6 Å². The van der Waals surface area contributed by atoms with Gasteiger partial charge in [0.2, 0.25) is 10.0 Å². The second-order valence-electron chi connectivity index (χ2n) is 4.56. The first kappa shape index (κ1) is 17.0. The normalized spacial score (nSPS) is 11.8. The lowest BCUT2D eigenvalue weighted by Gasteiger charge is -2.22. The van der Waals surface area contributed by atoms with Crippen LogP contribution in [0.5, 0.6) is 5.75 Å². The molecule has 1 aromatic carbocycles. The van der Waals surface area contributed by atoms with Crippen LogP contribution >= 0.6 is 11.3 Å². The number of ether oxygens (including phenoxy) is 2. The number of rotatable bonds is 8. The molecule has 0 radical (unpaired) electrons. The fourth-order valence-corrected chi connectivity index (χ4v) is 4.38. The van der Waals surface area contributed by atoms with E-state index in [0.29, 0.717) is 18.9 Å². The highest BCUT2D eigenvalue weighted by atomic mass is 32.2. The largest absolute Gasteiger partial charge is 0.495 e. The highest BCUT2D eigenvalue weighted by Crippen LogP contribution is 2.27. The Balaban J connectivity index is 2.35. The summed E-state index contributed by atoms with van der Waals surface area (Å²) in [7, 11) is -0.637. The van der Waals surface area contributed by atoms with Crippen LogP contribution in [-0.4, -0.2) is 40.1 Å². The van der Waals surface area contributed by atoms with Crippen molar-refractivity contribution >= 4 is 21.4 Å². The Hall–Kier alpha value is -1.41. The van der Waals surface area contributed by atoms with Gasteiger partial charge >= 0.3 is 0 Å². The standard InChI is InChI=1S/C15H19NO4S2/c1-19-10-9-16(12-13-6-5-11-21-13)22(17,18)15-8-4-3-7-14(15)20-2/h3-8,11H,9-10,12H2,1-2H3. The molecular formula is C15H19NO4S2. The van der Waals surface area contributed by atoms with Crippen molar-refractivity contribution in [3.05, 3.63) is 46.7 Å². The SMILES string of the molecule is COCCN(Cc1cccs1)S(=O)(=O)c1ccccc1OC. The summed E-state index contributed by atoms with van der Waals surface area (Å²) < 4.78 is 37.5. The molecule has 0 spiro atoms. The summed E-state index contributed by atoms with van der Waals surface area (Å²) in [5, 5.41) is 1.93. The first-order valence-electron chi connectivity index (χ1n) is 6.74. The number of hydrogen-bond acceptors (Lipinski definition) is 5. The summed E-state index contributed by atoms with van der Waals surface area (Å²) in [4.78, 5) is 1.15. The molecule has 2 rings (SSSR count). The highest BCUT2D eigenvalue weighted by Gasteiger charge is 2.27. The number of sulfonamides is 1. The topological polar surface area (TPSA) is 55.8 Å². The van der Waals surface area contributed by atoms with E-state index in [-0.39, 0.29) is 11.4 Å². The third-order valence-corrected chi connectivity index (χ3v) is 5.89. The zero-order valence-corrected chi connectivity index (χ0v) is 14.2. The Morgan fingerprint density at radius 3 is 2.55 bits per heavy atom. The lowest BCUT2D eigenvalue weighted by Crippen LogP contribution is -2.33. The van der Waals surface area contributed by atoms with E-state index in [1.54, 1.807) is 31.4 Å². The van der Waals surface area contributed by atoms with E-state index in [4.69, 9.17) is 9.47 Å². The third-order valence-electron chi connectivity index (χ3n) is 3.14. The maximum atomic E-state index is 12.9. The second-order valence-corrected chi connectivity index (χ2v) is 7.50. The van der Waals surface area contributed by atoms with Crippen molar-refractivity contribution in [3.63, 3.8) is 0 Å². The van der Waals surface area contributed by atoms with Crippen molar-refractivity contribution in [1.82, 2.24) is 4.31 Å². The Morgan fingerprint density at radius 1 is 1.14 bits per heavy atom. The molecule has 1 heterocycles. The molecule has 2 aromatic rings. The van der Waals surface area contributed by atoms with Crippen LogP contribution in [0, 0.1) is 0 Å². The van der Waals surface area contributed by atoms with Gasteiger partial charge in [-0.25, -0.2) is 8.42 Å². The number of hydrogen-bond donors (Lipinski definition) is 0. The van der Waals surface area contributed by atoms with Gasteiger partial charge in [-0.05, 0) is 23.6 Å². The number of para-hydroxylation sites is 1. The summed E-state index contributed by atoms with van der Waals surface area (Å²) in [5.74, 6) is 0.344. The van der Waals surface area contributed by atoms with E-state index in [9.17, 15) is 8.42 Å². The lowest BCUT2D eigenvalue weighted by molar-refractivity contribution is 0.177. The van der Waals surface area contributed by atoms with Gasteiger partial charge in [-0.1, -0.05) is 18.2 Å². The summed E-state index contributed by atoms with van der Waals surface area (Å²) in [6, 6.07) is 10.5. The minimum Gasteiger partial charge on any atom is -0.495 e. The van der Waals surface area contributed by atoms with E-state index in [0.717, 1.165) is 4.88 Å². The Bertz CT molecular complexity index is 683. The quantitative estimate of drug-likeness (QED) is 0.740. The second kappa shape index (κ2) is 7.73. The van der Waals surface area contributed by atoms with Gasteiger partial charge in [0.25, 0.3) is 0 Å². The molecular weight excluding hydrogens is 322 g/mol. The molecule has 0 saturated heterocycles. The summed E-state index contributed by atoms with van der Waals surface area (Å²) in [5.41, 5.74) is 0. The maximum Gasteiger partial charge on any atom is 0.247 e. The molecule has 0 fully saturated rings. The van der Waals surface area contributed by atoms with E-state index in [2.05, 4.69) is 0 Å². The number of thiophene rings is 1. The Morgan fingerprint density at radius 2 is 1.91 bits per heavy atom. The molecule has 0 aliphatic rings. The molecule has 0 unspecified atom stereocenters. The minimum atomic E-state index is -3.66. The molecule has 0 aliphatic heterocycles. The molecule has 7 heteroatoms. The van der Waals surface area contributed by atoms with Crippen LogP contribution in [0.4, 0.5) is 0 Å². The van der Waals surface area contributed by atoms with Crippen molar-refractivity contribution in [3.8, 4) is 5.75 Å². The van der Waals surface area contributed by atoms with Gasteiger partial charge in [-0.15, -0.1) is 11.3 Å². The highest BCUT2D eigenvalue weighted by molar-refractivity contribution is 7.89. The average Bonchev–Trinajstić information content (AvgIpc) is 3.04. The molecule has 1 aromatic heterocycles. The fraction of sp³-hybridized carbons (Fsp3) is 0.333. The fourth-order valence-electron chi connectivity index (χ4n) is 2.02. The van der Waals surface area contributed by atoms with Crippen LogP contribution < -0.4 is 4.74 Å².